The molecule has 7 N–H and O–H groups in total. The number of hydrogen-bond donors (Lipinski definition) is 6. The van der Waals surface area contributed by atoms with Crippen LogP contribution in [0.4, 0.5) is 11.4 Å². The van der Waals surface area contributed by atoms with Crippen molar-refractivity contribution in [2.45, 2.75) is 13.2 Å². The molecule has 1 amide bonds. The lowest BCUT2D eigenvalue weighted by molar-refractivity contribution is -0.139. The predicted molar refractivity (Wildman–Crippen MR) is 127 cm³/mol. The number of ether oxygens (including phenoxy) is 1. The Morgan fingerprint density at radius 2 is 1.85 bits per heavy atom. The van der Waals surface area contributed by atoms with Gasteiger partial charge in [0.2, 0.25) is 0 Å². The van der Waals surface area contributed by atoms with Crippen molar-refractivity contribution in [2.75, 3.05) is 17.2 Å². The number of pyridine rings is 1. The molecule has 0 fully saturated rings. The van der Waals surface area contributed by atoms with Crippen LogP contribution in [0, 0.1) is 5.41 Å². The quantitative estimate of drug-likeness (QED) is 0.189. The van der Waals surface area contributed by atoms with Crippen LogP contribution in [0.5, 0.6) is 5.75 Å². The number of nitrogens with zero attached hydrogens (tertiary/aromatic N) is 1. The average molecular weight is 484 g/mol. The number of amides is 1. The first-order valence-corrected chi connectivity index (χ1v) is 10.4. The average Bonchev–Trinajstić information content (AvgIpc) is 2.82. The van der Waals surface area contributed by atoms with Gasteiger partial charge in [0.15, 0.2) is 6.61 Å². The van der Waals surface area contributed by atoms with E-state index in [1.807, 2.05) is 0 Å². The summed E-state index contributed by atoms with van der Waals surface area (Å²) < 4.78 is 5.28. The van der Waals surface area contributed by atoms with Crippen LogP contribution >= 0.6 is 11.6 Å². The van der Waals surface area contributed by atoms with Crippen molar-refractivity contribution in [1.82, 2.24) is 4.98 Å². The topological polar surface area (TPSA) is 171 Å². The number of aliphatic carboxylic acids is 1. The van der Waals surface area contributed by atoms with Crippen LogP contribution < -0.4 is 21.1 Å². The minimum atomic E-state index is -1.14. The van der Waals surface area contributed by atoms with Crippen LogP contribution in [0.25, 0.3) is 0 Å². The Morgan fingerprint density at radius 3 is 2.50 bits per heavy atom. The molecule has 0 saturated heterocycles. The zero-order chi connectivity index (χ0) is 24.7. The molecule has 10 nitrogen and oxygen atoms in total. The molecule has 0 spiro atoms. The number of rotatable bonds is 10. The lowest BCUT2D eigenvalue weighted by Crippen LogP contribution is -2.16. The molecule has 0 aliphatic rings. The highest BCUT2D eigenvalue weighted by molar-refractivity contribution is 6.31. The lowest BCUT2D eigenvalue weighted by Gasteiger charge is -2.15. The smallest absolute Gasteiger partial charge is 0.341 e. The number of carbonyl (C=O) groups excluding carboxylic acids is 1. The number of aliphatic hydroxyl groups excluding tert-OH is 1. The van der Waals surface area contributed by atoms with E-state index in [1.165, 1.54) is 18.2 Å². The fourth-order valence-electron chi connectivity index (χ4n) is 2.99. The molecule has 0 atom stereocenters. The number of aromatic nitrogens is 1. The first-order chi connectivity index (χ1) is 16.3. The van der Waals surface area contributed by atoms with Crippen molar-refractivity contribution < 1.29 is 24.5 Å². The number of carbonyl (C=O) groups is 2. The number of benzene rings is 2. The van der Waals surface area contributed by atoms with Crippen molar-refractivity contribution in [2.24, 2.45) is 5.73 Å². The van der Waals surface area contributed by atoms with E-state index >= 15 is 0 Å². The Kier molecular flexibility index (Phi) is 8.01. The van der Waals surface area contributed by atoms with Gasteiger partial charge in [-0.1, -0.05) is 11.6 Å². The molecule has 176 valence electrons. The number of nitrogens with one attached hydrogen (secondary N) is 3. The Balaban J connectivity index is 1.80. The van der Waals surface area contributed by atoms with Gasteiger partial charge in [-0.25, -0.2) is 9.78 Å². The normalized spacial score (nSPS) is 10.4. The van der Waals surface area contributed by atoms with E-state index in [9.17, 15) is 14.7 Å². The SMILES string of the molecule is N=C(N)c1ccc(NC(=O)c2cc(Cl)ccc2NCc2nc(CO)ccc2OCC(=O)O)cc1. The number of aliphatic hydroxyl groups is 1. The van der Waals surface area contributed by atoms with Crippen molar-refractivity contribution in [3.05, 3.63) is 82.1 Å². The van der Waals surface area contributed by atoms with Crippen molar-refractivity contribution in [3.63, 3.8) is 0 Å². The Labute approximate surface area is 199 Å². The summed E-state index contributed by atoms with van der Waals surface area (Å²) in [6, 6.07) is 14.3. The summed E-state index contributed by atoms with van der Waals surface area (Å²) in [6.07, 6.45) is 0. The summed E-state index contributed by atoms with van der Waals surface area (Å²) in [5.74, 6) is -1.42. The lowest BCUT2D eigenvalue weighted by atomic mass is 10.1. The molecule has 34 heavy (non-hydrogen) atoms. The highest BCUT2D eigenvalue weighted by Gasteiger charge is 2.15. The molecule has 0 radical (unpaired) electrons. The Hall–Kier alpha value is -4.15. The maximum absolute atomic E-state index is 12.9. The molecule has 11 heteroatoms. The highest BCUT2D eigenvalue weighted by Crippen LogP contribution is 2.25. The van der Waals surface area contributed by atoms with Crippen molar-refractivity contribution >= 4 is 40.7 Å². The van der Waals surface area contributed by atoms with Gasteiger partial charge in [-0.05, 0) is 54.6 Å². The number of nitrogen functional groups attached to an aromatic ring is 1. The standard InChI is InChI=1S/C23H22ClN5O5/c24-14-3-7-18(17(9-14)23(33)29-15-4-1-13(2-5-15)22(25)26)27-10-19-20(34-12-21(31)32)8-6-16(11-30)28-19/h1-9,27,30H,10-12H2,(H3,25,26)(H,29,33)(H,31,32). The first kappa shape index (κ1) is 24.5. The highest BCUT2D eigenvalue weighted by atomic mass is 35.5. The number of carboxylic acid groups (broad SMARTS) is 1. The minimum absolute atomic E-state index is 0.0789. The number of amidine groups is 1. The number of carboxylic acids is 1. The molecule has 3 aromatic rings. The van der Waals surface area contributed by atoms with Gasteiger partial charge < -0.3 is 31.3 Å². The molecule has 0 aliphatic heterocycles. The largest absolute Gasteiger partial charge is 0.480 e. The molecule has 3 rings (SSSR count). The predicted octanol–water partition coefficient (Wildman–Crippen LogP) is 2.84. The fraction of sp³-hybridized carbons (Fsp3) is 0.130. The summed E-state index contributed by atoms with van der Waals surface area (Å²) in [5.41, 5.74) is 7.92. The second-order valence-corrected chi connectivity index (χ2v) is 7.51. The third-order valence-corrected chi connectivity index (χ3v) is 4.86. The minimum Gasteiger partial charge on any atom is -0.480 e. The van der Waals surface area contributed by atoms with E-state index in [0.717, 1.165) is 0 Å². The summed E-state index contributed by atoms with van der Waals surface area (Å²) >= 11 is 6.11. The van der Waals surface area contributed by atoms with Crippen LogP contribution in [-0.2, 0) is 17.9 Å². The second kappa shape index (κ2) is 11.1. The van der Waals surface area contributed by atoms with E-state index in [-0.39, 0.29) is 30.3 Å². The van der Waals surface area contributed by atoms with Gasteiger partial charge >= 0.3 is 5.97 Å². The van der Waals surface area contributed by atoms with Gasteiger partial charge in [-0.3, -0.25) is 10.2 Å². The molecule has 0 aliphatic carbocycles. The number of hydrogen-bond acceptors (Lipinski definition) is 7. The molecule has 0 unspecified atom stereocenters. The monoisotopic (exact) mass is 483 g/mol. The zero-order valence-corrected chi connectivity index (χ0v) is 18.6. The maximum Gasteiger partial charge on any atom is 0.341 e. The molecule has 1 aromatic heterocycles. The van der Waals surface area contributed by atoms with Gasteiger partial charge in [-0.15, -0.1) is 0 Å². The molecule has 1 heterocycles. The van der Waals surface area contributed by atoms with Gasteiger partial charge in [0.1, 0.15) is 17.3 Å². The molecule has 0 saturated carbocycles. The van der Waals surface area contributed by atoms with Crippen LogP contribution in [0.2, 0.25) is 5.02 Å². The van der Waals surface area contributed by atoms with E-state index < -0.39 is 18.5 Å². The molecule has 2 aromatic carbocycles. The van der Waals surface area contributed by atoms with Crippen LogP contribution in [0.1, 0.15) is 27.3 Å². The second-order valence-electron chi connectivity index (χ2n) is 7.08. The molecule has 0 bridgehead atoms. The van der Waals surface area contributed by atoms with E-state index in [1.54, 1.807) is 36.4 Å². The van der Waals surface area contributed by atoms with Crippen molar-refractivity contribution in [1.29, 1.82) is 5.41 Å². The van der Waals surface area contributed by atoms with Crippen LogP contribution in [0.15, 0.2) is 54.6 Å². The van der Waals surface area contributed by atoms with E-state index in [4.69, 9.17) is 32.6 Å². The summed E-state index contributed by atoms with van der Waals surface area (Å²) in [7, 11) is 0. The van der Waals surface area contributed by atoms with Gasteiger partial charge in [-0.2, -0.15) is 0 Å². The van der Waals surface area contributed by atoms with E-state index in [0.29, 0.717) is 33.3 Å². The number of anilines is 2. The Bertz CT molecular complexity index is 1220. The third kappa shape index (κ3) is 6.44. The number of nitrogens with two attached hydrogens (primary N) is 1. The van der Waals surface area contributed by atoms with Crippen LogP contribution in [-0.4, -0.2) is 39.5 Å². The van der Waals surface area contributed by atoms with Crippen molar-refractivity contribution in [3.8, 4) is 5.75 Å². The summed E-state index contributed by atoms with van der Waals surface area (Å²) in [4.78, 5) is 28.1. The third-order valence-electron chi connectivity index (χ3n) is 4.63. The first-order valence-electron chi connectivity index (χ1n) is 10.0. The van der Waals surface area contributed by atoms with Gasteiger partial charge in [0.05, 0.1) is 24.4 Å². The van der Waals surface area contributed by atoms with Gasteiger partial charge in [0, 0.05) is 22.0 Å². The van der Waals surface area contributed by atoms with Gasteiger partial charge in [0.25, 0.3) is 5.91 Å². The summed E-state index contributed by atoms with van der Waals surface area (Å²) in [5, 5.41) is 31.9. The fourth-order valence-corrected chi connectivity index (χ4v) is 3.16. The number of halogens is 1. The summed E-state index contributed by atoms with van der Waals surface area (Å²) in [6.45, 7) is -0.772. The van der Waals surface area contributed by atoms with E-state index in [2.05, 4.69) is 15.6 Å². The molecular formula is C23H22ClN5O5. The van der Waals surface area contributed by atoms with Crippen LogP contribution in [0.3, 0.4) is 0 Å². The maximum atomic E-state index is 12.9. The molecular weight excluding hydrogens is 462 g/mol. The zero-order valence-electron chi connectivity index (χ0n) is 17.8. The Morgan fingerprint density at radius 1 is 1.12 bits per heavy atom.